The zero-order valence-corrected chi connectivity index (χ0v) is 7.81. The molecule has 0 aliphatic heterocycles. The van der Waals surface area contributed by atoms with Gasteiger partial charge in [0.25, 0.3) is 0 Å². The molecule has 74 valence electrons. The number of carbonyl (C=O) groups excluding carboxylic acids is 1. The largest absolute Gasteiger partial charge is 0.294 e. The average molecular weight is 196 g/mol. The van der Waals surface area contributed by atoms with E-state index in [4.69, 9.17) is 0 Å². The number of allylic oxidation sites excluding steroid dienone is 1. The lowest BCUT2D eigenvalue weighted by molar-refractivity contribution is -0.114. The summed E-state index contributed by atoms with van der Waals surface area (Å²) in [7, 11) is 0. The maximum Gasteiger partial charge on any atom is 0.162 e. The van der Waals surface area contributed by atoms with Gasteiger partial charge in [0.1, 0.15) is 11.6 Å². The van der Waals surface area contributed by atoms with E-state index in [2.05, 4.69) is 6.58 Å². The Hall–Kier alpha value is -1.51. The smallest absolute Gasteiger partial charge is 0.162 e. The van der Waals surface area contributed by atoms with E-state index in [0.29, 0.717) is 5.57 Å². The van der Waals surface area contributed by atoms with E-state index in [1.165, 1.54) is 0 Å². The number of ketones is 1. The lowest BCUT2D eigenvalue weighted by Crippen LogP contribution is -2.05. The molecule has 1 aromatic rings. The summed E-state index contributed by atoms with van der Waals surface area (Å²) in [4.78, 5) is 11.2. The van der Waals surface area contributed by atoms with Crippen molar-refractivity contribution < 1.29 is 13.6 Å². The van der Waals surface area contributed by atoms with Crippen LogP contribution in [0.15, 0.2) is 30.4 Å². The Morgan fingerprint density at radius 1 is 1.43 bits per heavy atom. The van der Waals surface area contributed by atoms with Crippen molar-refractivity contribution in [1.29, 1.82) is 0 Å². The third-order valence-electron chi connectivity index (χ3n) is 1.83. The molecule has 0 aliphatic carbocycles. The summed E-state index contributed by atoms with van der Waals surface area (Å²) in [6.07, 6.45) is -0.140. The van der Waals surface area contributed by atoms with E-state index in [-0.39, 0.29) is 17.8 Å². The average Bonchev–Trinajstić information content (AvgIpc) is 2.11. The Labute approximate surface area is 81.1 Å². The summed E-state index contributed by atoms with van der Waals surface area (Å²) < 4.78 is 25.7. The quantitative estimate of drug-likeness (QED) is 0.679. The number of carbonyl (C=O) groups is 1. The highest BCUT2D eigenvalue weighted by atomic mass is 19.1. The molecule has 0 aromatic heterocycles. The van der Waals surface area contributed by atoms with Gasteiger partial charge in [0.2, 0.25) is 0 Å². The Balaban J connectivity index is 2.91. The first-order chi connectivity index (χ1) is 6.50. The Morgan fingerprint density at radius 2 is 2.07 bits per heavy atom. The molecule has 0 amide bonds. The van der Waals surface area contributed by atoms with Crippen molar-refractivity contribution in [2.24, 2.45) is 0 Å². The van der Waals surface area contributed by atoms with Crippen molar-refractivity contribution in [3.8, 4) is 0 Å². The first-order valence-corrected chi connectivity index (χ1v) is 4.13. The van der Waals surface area contributed by atoms with E-state index in [1.807, 2.05) is 0 Å². The molecular formula is C11H10F2O. The minimum atomic E-state index is -0.569. The summed E-state index contributed by atoms with van der Waals surface area (Å²) in [5, 5.41) is 0. The van der Waals surface area contributed by atoms with E-state index in [9.17, 15) is 13.6 Å². The standard InChI is InChI=1S/C11H10F2O/c1-7(2)11(14)6-8-5-9(12)3-4-10(8)13/h3-5H,1,6H2,2H3. The summed E-state index contributed by atoms with van der Waals surface area (Å²) in [6.45, 7) is 4.98. The predicted molar refractivity (Wildman–Crippen MR) is 49.9 cm³/mol. The van der Waals surface area contributed by atoms with E-state index >= 15 is 0 Å². The zero-order chi connectivity index (χ0) is 10.7. The number of rotatable bonds is 3. The second-order valence-corrected chi connectivity index (χ2v) is 3.12. The number of halogens is 2. The van der Waals surface area contributed by atoms with E-state index < -0.39 is 11.6 Å². The van der Waals surface area contributed by atoms with Gasteiger partial charge in [0, 0.05) is 6.42 Å². The van der Waals surface area contributed by atoms with Gasteiger partial charge in [-0.15, -0.1) is 0 Å². The SMILES string of the molecule is C=C(C)C(=O)Cc1cc(F)ccc1F. The molecule has 14 heavy (non-hydrogen) atoms. The van der Waals surface area contributed by atoms with Gasteiger partial charge in [-0.2, -0.15) is 0 Å². The van der Waals surface area contributed by atoms with Gasteiger partial charge in [0.05, 0.1) is 0 Å². The second-order valence-electron chi connectivity index (χ2n) is 3.12. The fourth-order valence-corrected chi connectivity index (χ4v) is 1.00. The summed E-state index contributed by atoms with van der Waals surface area (Å²) in [5.41, 5.74) is 0.409. The molecule has 0 fully saturated rings. The first-order valence-electron chi connectivity index (χ1n) is 4.13. The first kappa shape index (κ1) is 10.6. The molecule has 0 heterocycles. The van der Waals surface area contributed by atoms with Crippen molar-refractivity contribution in [2.45, 2.75) is 13.3 Å². The van der Waals surface area contributed by atoms with Crippen LogP contribution < -0.4 is 0 Å². The molecule has 0 N–H and O–H groups in total. The maximum absolute atomic E-state index is 13.0. The molecule has 0 atom stereocenters. The molecule has 0 saturated heterocycles. The maximum atomic E-state index is 13.0. The van der Waals surface area contributed by atoms with Gasteiger partial charge in [-0.05, 0) is 36.3 Å². The number of hydrogen-bond donors (Lipinski definition) is 0. The number of Topliss-reactive ketones (excluding diaryl/α,β-unsaturated/α-hetero) is 1. The van der Waals surface area contributed by atoms with Crippen molar-refractivity contribution in [3.63, 3.8) is 0 Å². The number of benzene rings is 1. The summed E-state index contributed by atoms with van der Waals surface area (Å²) in [6, 6.07) is 3.05. The topological polar surface area (TPSA) is 17.1 Å². The number of hydrogen-bond acceptors (Lipinski definition) is 1. The van der Waals surface area contributed by atoms with Crippen LogP contribution in [0.25, 0.3) is 0 Å². The molecule has 0 spiro atoms. The van der Waals surface area contributed by atoms with Crippen LogP contribution in [0.5, 0.6) is 0 Å². The van der Waals surface area contributed by atoms with Crippen LogP contribution in [0.3, 0.4) is 0 Å². The van der Waals surface area contributed by atoms with Gasteiger partial charge in [-0.25, -0.2) is 8.78 Å². The molecule has 0 aliphatic rings. The Morgan fingerprint density at radius 3 is 2.64 bits per heavy atom. The highest BCUT2D eigenvalue weighted by Gasteiger charge is 2.09. The molecular weight excluding hydrogens is 186 g/mol. The van der Waals surface area contributed by atoms with Crippen LogP contribution in [0.4, 0.5) is 8.78 Å². The predicted octanol–water partition coefficient (Wildman–Crippen LogP) is 2.65. The van der Waals surface area contributed by atoms with Gasteiger partial charge in [-0.1, -0.05) is 6.58 Å². The van der Waals surface area contributed by atoms with Crippen molar-refractivity contribution in [1.82, 2.24) is 0 Å². The van der Waals surface area contributed by atoms with Crippen LogP contribution in [0, 0.1) is 11.6 Å². The fraction of sp³-hybridized carbons (Fsp3) is 0.182. The monoisotopic (exact) mass is 196 g/mol. The fourth-order valence-electron chi connectivity index (χ4n) is 1.00. The summed E-state index contributed by atoms with van der Waals surface area (Å²) in [5.74, 6) is -1.40. The minimum Gasteiger partial charge on any atom is -0.294 e. The second kappa shape index (κ2) is 4.13. The molecule has 3 heteroatoms. The normalized spacial score (nSPS) is 9.93. The van der Waals surface area contributed by atoms with Crippen LogP contribution in [0.1, 0.15) is 12.5 Å². The van der Waals surface area contributed by atoms with E-state index in [0.717, 1.165) is 18.2 Å². The van der Waals surface area contributed by atoms with Crippen LogP contribution in [0.2, 0.25) is 0 Å². The minimum absolute atomic E-state index is 0.0676. The highest BCUT2D eigenvalue weighted by Crippen LogP contribution is 2.11. The van der Waals surface area contributed by atoms with Crippen molar-refractivity contribution in [2.75, 3.05) is 0 Å². The van der Waals surface area contributed by atoms with E-state index in [1.54, 1.807) is 6.92 Å². The molecule has 1 nitrogen and oxygen atoms in total. The molecule has 0 saturated carbocycles. The highest BCUT2D eigenvalue weighted by molar-refractivity contribution is 5.95. The third-order valence-corrected chi connectivity index (χ3v) is 1.83. The van der Waals surface area contributed by atoms with Gasteiger partial charge >= 0.3 is 0 Å². The van der Waals surface area contributed by atoms with Crippen LogP contribution in [-0.4, -0.2) is 5.78 Å². The summed E-state index contributed by atoms with van der Waals surface area (Å²) >= 11 is 0. The molecule has 0 bridgehead atoms. The van der Waals surface area contributed by atoms with Gasteiger partial charge < -0.3 is 0 Å². The zero-order valence-electron chi connectivity index (χ0n) is 7.81. The van der Waals surface area contributed by atoms with Crippen LogP contribution in [-0.2, 0) is 11.2 Å². The molecule has 0 unspecified atom stereocenters. The Kier molecular flexibility index (Phi) is 3.12. The van der Waals surface area contributed by atoms with Crippen molar-refractivity contribution in [3.05, 3.63) is 47.5 Å². The lowest BCUT2D eigenvalue weighted by Gasteiger charge is -2.02. The van der Waals surface area contributed by atoms with Gasteiger partial charge in [0.15, 0.2) is 5.78 Å². The van der Waals surface area contributed by atoms with Crippen LogP contribution >= 0.6 is 0 Å². The van der Waals surface area contributed by atoms with Crippen molar-refractivity contribution >= 4 is 5.78 Å². The Bertz CT molecular complexity index is 383. The molecule has 1 rings (SSSR count). The lowest BCUT2D eigenvalue weighted by atomic mass is 10.0. The third kappa shape index (κ3) is 2.49. The van der Waals surface area contributed by atoms with Gasteiger partial charge in [-0.3, -0.25) is 4.79 Å². The molecule has 0 radical (unpaired) electrons. The molecule has 1 aromatic carbocycles.